The summed E-state index contributed by atoms with van der Waals surface area (Å²) in [6, 6.07) is 8.46. The number of aliphatic imine (C=N–C) groups is 1. The Labute approximate surface area is 152 Å². The fraction of sp³-hybridized carbons (Fsp3) is 0.588. The van der Waals surface area contributed by atoms with E-state index in [2.05, 4.69) is 60.7 Å². The highest BCUT2D eigenvalue weighted by molar-refractivity contribution is 14.0. The molecule has 1 aromatic rings. The molecule has 0 aliphatic rings. The van der Waals surface area contributed by atoms with E-state index >= 15 is 0 Å². The van der Waals surface area contributed by atoms with Gasteiger partial charge in [-0.1, -0.05) is 24.3 Å². The molecular weight excluding hydrogens is 389 g/mol. The van der Waals surface area contributed by atoms with Gasteiger partial charge in [0.1, 0.15) is 0 Å². The molecule has 1 aromatic carbocycles. The van der Waals surface area contributed by atoms with Crippen LogP contribution in [0.15, 0.2) is 29.3 Å². The second-order valence-electron chi connectivity index (χ2n) is 6.48. The molecule has 2 N–H and O–H groups in total. The van der Waals surface area contributed by atoms with Gasteiger partial charge in [-0.3, -0.25) is 4.99 Å². The van der Waals surface area contributed by atoms with Gasteiger partial charge in [-0.05, 0) is 45.7 Å². The van der Waals surface area contributed by atoms with Gasteiger partial charge in [0.2, 0.25) is 0 Å². The van der Waals surface area contributed by atoms with Crippen molar-refractivity contribution in [1.29, 1.82) is 0 Å². The van der Waals surface area contributed by atoms with Crippen LogP contribution < -0.4 is 10.6 Å². The van der Waals surface area contributed by atoms with Crippen molar-refractivity contribution in [2.45, 2.75) is 59.4 Å². The molecule has 0 aromatic heterocycles. The van der Waals surface area contributed by atoms with E-state index in [1.54, 1.807) is 7.05 Å². The number of guanidine groups is 1. The topological polar surface area (TPSA) is 45.7 Å². The minimum absolute atomic E-state index is 0. The molecule has 0 saturated heterocycles. The molecule has 0 saturated carbocycles. The van der Waals surface area contributed by atoms with Crippen LogP contribution in [0.4, 0.5) is 0 Å². The molecule has 0 bridgehead atoms. The standard InChI is InChI=1S/C17H29N3O.HI/c1-13(2)21-12-15-9-7-14(8-10-15)11-19-16(18-6)20-17(3,4)5;/h7-10,13H,11-12H2,1-6H3,(H2,18,19,20);1H. The number of rotatable bonds is 5. The van der Waals surface area contributed by atoms with Crippen molar-refractivity contribution < 1.29 is 4.74 Å². The lowest BCUT2D eigenvalue weighted by molar-refractivity contribution is 0.0657. The van der Waals surface area contributed by atoms with E-state index in [0.29, 0.717) is 6.61 Å². The van der Waals surface area contributed by atoms with E-state index in [9.17, 15) is 0 Å². The molecule has 0 atom stereocenters. The van der Waals surface area contributed by atoms with Crippen molar-refractivity contribution in [2.75, 3.05) is 7.05 Å². The monoisotopic (exact) mass is 419 g/mol. The highest BCUT2D eigenvalue weighted by Gasteiger charge is 2.11. The van der Waals surface area contributed by atoms with Gasteiger partial charge in [0.25, 0.3) is 0 Å². The van der Waals surface area contributed by atoms with E-state index in [0.717, 1.165) is 12.5 Å². The first kappa shape index (κ1) is 21.2. The van der Waals surface area contributed by atoms with E-state index in [1.165, 1.54) is 11.1 Å². The smallest absolute Gasteiger partial charge is 0.191 e. The van der Waals surface area contributed by atoms with Gasteiger partial charge in [-0.2, -0.15) is 0 Å². The van der Waals surface area contributed by atoms with Crippen LogP contribution in [0, 0.1) is 0 Å². The maximum Gasteiger partial charge on any atom is 0.191 e. The van der Waals surface area contributed by atoms with Crippen molar-refractivity contribution in [3.63, 3.8) is 0 Å². The summed E-state index contributed by atoms with van der Waals surface area (Å²) < 4.78 is 5.59. The Bertz CT molecular complexity index is 450. The fourth-order valence-electron chi connectivity index (χ4n) is 1.74. The van der Waals surface area contributed by atoms with E-state index < -0.39 is 0 Å². The first-order valence-electron chi connectivity index (χ1n) is 7.48. The van der Waals surface area contributed by atoms with Crippen LogP contribution in [0.2, 0.25) is 0 Å². The number of benzene rings is 1. The van der Waals surface area contributed by atoms with Gasteiger partial charge in [0, 0.05) is 19.1 Å². The van der Waals surface area contributed by atoms with Crippen LogP contribution in [0.5, 0.6) is 0 Å². The number of hydrogen-bond acceptors (Lipinski definition) is 2. The first-order valence-corrected chi connectivity index (χ1v) is 7.48. The normalized spacial score (nSPS) is 12.0. The molecule has 5 heteroatoms. The molecule has 0 aliphatic carbocycles. The number of nitrogens with zero attached hydrogens (tertiary/aromatic N) is 1. The van der Waals surface area contributed by atoms with Gasteiger partial charge in [-0.25, -0.2) is 0 Å². The van der Waals surface area contributed by atoms with Gasteiger partial charge >= 0.3 is 0 Å². The number of nitrogens with one attached hydrogen (secondary N) is 2. The molecule has 0 heterocycles. The van der Waals surface area contributed by atoms with E-state index in [4.69, 9.17) is 4.74 Å². The minimum Gasteiger partial charge on any atom is -0.374 e. The summed E-state index contributed by atoms with van der Waals surface area (Å²) in [5.74, 6) is 0.815. The third kappa shape index (κ3) is 9.25. The third-order valence-electron chi connectivity index (χ3n) is 2.78. The maximum absolute atomic E-state index is 5.59. The quantitative estimate of drug-likeness (QED) is 0.435. The molecule has 0 spiro atoms. The molecule has 126 valence electrons. The molecule has 0 amide bonds. The Hall–Kier alpha value is -0.820. The minimum atomic E-state index is -0.000114. The first-order chi connectivity index (χ1) is 9.80. The second-order valence-corrected chi connectivity index (χ2v) is 6.48. The number of halogens is 1. The number of ether oxygens (including phenoxy) is 1. The Morgan fingerprint density at radius 3 is 2.14 bits per heavy atom. The van der Waals surface area contributed by atoms with Crippen LogP contribution in [0.1, 0.15) is 45.7 Å². The SMILES string of the molecule is CN=C(NCc1ccc(COC(C)C)cc1)NC(C)(C)C.I. The van der Waals surface area contributed by atoms with E-state index in [-0.39, 0.29) is 35.6 Å². The van der Waals surface area contributed by atoms with Crippen molar-refractivity contribution in [2.24, 2.45) is 4.99 Å². The summed E-state index contributed by atoms with van der Waals surface area (Å²) in [6.07, 6.45) is 0.262. The van der Waals surface area contributed by atoms with Crippen molar-refractivity contribution in [3.05, 3.63) is 35.4 Å². The molecule has 4 nitrogen and oxygen atoms in total. The van der Waals surface area contributed by atoms with Gasteiger partial charge in [0.05, 0.1) is 12.7 Å². The predicted octanol–water partition coefficient (Wildman–Crippen LogP) is 3.69. The summed E-state index contributed by atoms with van der Waals surface area (Å²) in [5.41, 5.74) is 2.42. The molecule has 1 rings (SSSR count). The molecule has 0 radical (unpaired) electrons. The third-order valence-corrected chi connectivity index (χ3v) is 2.78. The lowest BCUT2D eigenvalue weighted by atomic mass is 10.1. The average molecular weight is 419 g/mol. The zero-order valence-electron chi connectivity index (χ0n) is 14.6. The summed E-state index contributed by atoms with van der Waals surface area (Å²) >= 11 is 0. The molecule has 22 heavy (non-hydrogen) atoms. The largest absolute Gasteiger partial charge is 0.374 e. The zero-order valence-corrected chi connectivity index (χ0v) is 16.9. The summed E-state index contributed by atoms with van der Waals surface area (Å²) in [4.78, 5) is 4.23. The van der Waals surface area contributed by atoms with Crippen LogP contribution >= 0.6 is 24.0 Å². The highest BCUT2D eigenvalue weighted by atomic mass is 127. The van der Waals surface area contributed by atoms with E-state index in [1.807, 2.05) is 13.8 Å². The summed E-state index contributed by atoms with van der Waals surface area (Å²) in [6.45, 7) is 11.9. The van der Waals surface area contributed by atoms with Crippen LogP contribution in [-0.4, -0.2) is 24.7 Å². The lowest BCUT2D eigenvalue weighted by Crippen LogP contribution is -2.47. The Morgan fingerprint density at radius 2 is 1.68 bits per heavy atom. The Morgan fingerprint density at radius 1 is 1.14 bits per heavy atom. The molecule has 0 unspecified atom stereocenters. The van der Waals surface area contributed by atoms with Crippen molar-refractivity contribution >= 4 is 29.9 Å². The predicted molar refractivity (Wildman–Crippen MR) is 105 cm³/mol. The van der Waals surface area contributed by atoms with Crippen molar-refractivity contribution in [3.8, 4) is 0 Å². The highest BCUT2D eigenvalue weighted by Crippen LogP contribution is 2.07. The van der Waals surface area contributed by atoms with Gasteiger partial charge in [-0.15, -0.1) is 24.0 Å². The molecule has 0 fully saturated rings. The van der Waals surface area contributed by atoms with Gasteiger partial charge in [0.15, 0.2) is 5.96 Å². The van der Waals surface area contributed by atoms with Crippen LogP contribution in [0.3, 0.4) is 0 Å². The molecule has 0 aliphatic heterocycles. The fourth-order valence-corrected chi connectivity index (χ4v) is 1.74. The Kier molecular flexibility index (Phi) is 9.67. The molecular formula is C17H30IN3O. The van der Waals surface area contributed by atoms with Crippen LogP contribution in [0.25, 0.3) is 0 Å². The van der Waals surface area contributed by atoms with Crippen LogP contribution in [-0.2, 0) is 17.9 Å². The maximum atomic E-state index is 5.59. The summed E-state index contributed by atoms with van der Waals surface area (Å²) in [7, 11) is 1.79. The average Bonchev–Trinajstić information content (AvgIpc) is 2.41. The number of hydrogen-bond donors (Lipinski definition) is 2. The lowest BCUT2D eigenvalue weighted by Gasteiger charge is -2.23. The zero-order chi connectivity index (χ0) is 15.9. The second kappa shape index (κ2) is 10.0. The van der Waals surface area contributed by atoms with Gasteiger partial charge < -0.3 is 15.4 Å². The summed E-state index contributed by atoms with van der Waals surface area (Å²) in [5, 5.41) is 6.66. The van der Waals surface area contributed by atoms with Crippen molar-refractivity contribution in [1.82, 2.24) is 10.6 Å². The Balaban J connectivity index is 0.00000441.